The number of aromatic hydroxyl groups is 1. The van der Waals surface area contributed by atoms with E-state index in [1.54, 1.807) is 18.2 Å². The van der Waals surface area contributed by atoms with Crippen molar-refractivity contribution in [2.75, 3.05) is 6.61 Å². The smallest absolute Gasteiger partial charge is 0.129 e. The second kappa shape index (κ2) is 7.06. The minimum Gasteiger partial charge on any atom is -0.507 e. The highest BCUT2D eigenvalue weighted by atomic mass is 79.9. The van der Waals surface area contributed by atoms with Crippen molar-refractivity contribution < 1.29 is 10.2 Å². The molecule has 1 rings (SSSR count). The molecule has 0 aliphatic rings. The van der Waals surface area contributed by atoms with Crippen LogP contribution in [0.3, 0.4) is 0 Å². The quantitative estimate of drug-likeness (QED) is 0.799. The van der Waals surface area contributed by atoms with Gasteiger partial charge in [-0.2, -0.15) is 0 Å². The molecule has 0 unspecified atom stereocenters. The zero-order chi connectivity index (χ0) is 10.6. The number of hydrogen-bond acceptors (Lipinski definition) is 3. The highest BCUT2D eigenvalue weighted by Gasteiger charge is 2.07. The summed E-state index contributed by atoms with van der Waals surface area (Å²) < 4.78 is 0.648. The van der Waals surface area contributed by atoms with Gasteiger partial charge in [0.25, 0.3) is 0 Å². The third-order valence-corrected chi connectivity index (χ3v) is 2.71. The van der Waals surface area contributed by atoms with Crippen molar-refractivity contribution in [3.8, 4) is 5.75 Å². The number of aliphatic hydroxyl groups is 1. The topological polar surface area (TPSA) is 66.5 Å². The first-order chi connectivity index (χ1) is 6.65. The van der Waals surface area contributed by atoms with Gasteiger partial charge in [-0.1, -0.05) is 6.07 Å². The Labute approximate surface area is 104 Å². The fourth-order valence-corrected chi connectivity index (χ4v) is 1.63. The second-order valence-electron chi connectivity index (χ2n) is 3.18. The summed E-state index contributed by atoms with van der Waals surface area (Å²) in [6, 6.07) is 5.12. The molecule has 86 valence electrons. The summed E-state index contributed by atoms with van der Waals surface area (Å²) in [7, 11) is 0. The number of rotatable bonds is 4. The molecule has 3 nitrogen and oxygen atoms in total. The van der Waals surface area contributed by atoms with Crippen LogP contribution in [0.25, 0.3) is 0 Å². The van der Waals surface area contributed by atoms with Crippen LogP contribution in [0.2, 0.25) is 0 Å². The fraction of sp³-hybridized carbons (Fsp3) is 0.400. The van der Waals surface area contributed by atoms with Crippen LogP contribution in [0.5, 0.6) is 5.75 Å². The Morgan fingerprint density at radius 2 is 2.07 bits per heavy atom. The summed E-state index contributed by atoms with van der Waals surface area (Å²) in [6.45, 7) is 0.160. The number of phenols is 1. The molecule has 0 radical (unpaired) electrons. The lowest BCUT2D eigenvalue weighted by molar-refractivity contribution is 0.280. The van der Waals surface area contributed by atoms with E-state index in [1.165, 1.54) is 0 Å². The third-order valence-electron chi connectivity index (χ3n) is 2.07. The zero-order valence-electron chi connectivity index (χ0n) is 8.19. The number of nitrogens with two attached hydrogens (primary N) is 1. The van der Waals surface area contributed by atoms with Gasteiger partial charge in [-0.15, -0.1) is 12.4 Å². The van der Waals surface area contributed by atoms with Gasteiger partial charge < -0.3 is 15.9 Å². The lowest BCUT2D eigenvalue weighted by Gasteiger charge is -2.11. The monoisotopic (exact) mass is 295 g/mol. The highest BCUT2D eigenvalue weighted by Crippen LogP contribution is 2.27. The van der Waals surface area contributed by atoms with E-state index in [1.807, 2.05) is 0 Å². The van der Waals surface area contributed by atoms with Gasteiger partial charge in [0.05, 0.1) is 4.47 Å². The summed E-state index contributed by atoms with van der Waals surface area (Å²) in [5.74, 6) is 0.211. The molecule has 15 heavy (non-hydrogen) atoms. The Morgan fingerprint density at radius 3 is 2.60 bits per heavy atom. The lowest BCUT2D eigenvalue weighted by Crippen LogP contribution is -2.10. The molecule has 4 N–H and O–H groups in total. The Morgan fingerprint density at radius 1 is 1.40 bits per heavy atom. The van der Waals surface area contributed by atoms with Crippen molar-refractivity contribution in [2.45, 2.75) is 18.9 Å². The molecule has 0 aromatic heterocycles. The van der Waals surface area contributed by atoms with Gasteiger partial charge in [-0.25, -0.2) is 0 Å². The Balaban J connectivity index is 0.00000196. The van der Waals surface area contributed by atoms with Crippen LogP contribution >= 0.6 is 28.3 Å². The van der Waals surface area contributed by atoms with Crippen molar-refractivity contribution in [3.63, 3.8) is 0 Å². The molecule has 0 fully saturated rings. The van der Waals surface area contributed by atoms with Crippen molar-refractivity contribution in [2.24, 2.45) is 5.73 Å². The van der Waals surface area contributed by atoms with Crippen LogP contribution < -0.4 is 5.73 Å². The van der Waals surface area contributed by atoms with Gasteiger partial charge >= 0.3 is 0 Å². The van der Waals surface area contributed by atoms with E-state index in [0.717, 1.165) is 12.0 Å². The van der Waals surface area contributed by atoms with Crippen molar-refractivity contribution >= 4 is 28.3 Å². The van der Waals surface area contributed by atoms with Crippen molar-refractivity contribution in [1.82, 2.24) is 0 Å². The summed E-state index contributed by atoms with van der Waals surface area (Å²) in [6.07, 6.45) is 1.44. The van der Waals surface area contributed by atoms with Crippen LogP contribution in [-0.4, -0.2) is 16.8 Å². The first kappa shape index (κ1) is 14.7. The lowest BCUT2D eigenvalue weighted by atomic mass is 10.0. The van der Waals surface area contributed by atoms with Crippen LogP contribution in [0, 0.1) is 0 Å². The fourth-order valence-electron chi connectivity index (χ4n) is 1.23. The number of benzene rings is 1. The molecular weight excluding hydrogens is 281 g/mol. The number of aliphatic hydroxyl groups excluding tert-OH is 1. The van der Waals surface area contributed by atoms with E-state index < -0.39 is 0 Å². The first-order valence-electron chi connectivity index (χ1n) is 4.50. The zero-order valence-corrected chi connectivity index (χ0v) is 10.6. The average molecular weight is 297 g/mol. The van der Waals surface area contributed by atoms with Crippen LogP contribution in [0.1, 0.15) is 24.4 Å². The predicted octanol–water partition coefficient (Wildman–Crippen LogP) is 2.35. The van der Waals surface area contributed by atoms with Gasteiger partial charge in [0, 0.05) is 12.6 Å². The highest BCUT2D eigenvalue weighted by molar-refractivity contribution is 9.10. The van der Waals surface area contributed by atoms with Crippen molar-refractivity contribution in [3.05, 3.63) is 28.2 Å². The van der Waals surface area contributed by atoms with Crippen LogP contribution in [0.15, 0.2) is 22.7 Å². The Hall–Kier alpha value is -0.290. The van der Waals surface area contributed by atoms with Gasteiger partial charge in [0.1, 0.15) is 5.75 Å². The van der Waals surface area contributed by atoms with E-state index >= 15 is 0 Å². The second-order valence-corrected chi connectivity index (χ2v) is 4.04. The minimum atomic E-state index is -0.0842. The summed E-state index contributed by atoms with van der Waals surface area (Å²) >= 11 is 3.23. The van der Waals surface area contributed by atoms with Crippen LogP contribution in [-0.2, 0) is 0 Å². The average Bonchev–Trinajstić information content (AvgIpc) is 2.18. The molecule has 0 aliphatic carbocycles. The first-order valence-corrected chi connectivity index (χ1v) is 5.29. The largest absolute Gasteiger partial charge is 0.507 e. The number of hydrogen-bond donors (Lipinski definition) is 3. The van der Waals surface area contributed by atoms with Gasteiger partial charge in [-0.3, -0.25) is 0 Å². The standard InChI is InChI=1S/C10H14BrNO2.ClH/c11-8-6-7(3-4-10(8)14)9(12)2-1-5-13;/h3-4,6,9,13-14H,1-2,5,12H2;1H/t9-;/m0./s1. The maximum absolute atomic E-state index is 9.27. The van der Waals surface area contributed by atoms with Gasteiger partial charge in [-0.05, 0) is 46.5 Å². The maximum atomic E-state index is 9.27. The SMILES string of the molecule is Cl.N[C@@H](CCCO)c1ccc(O)c(Br)c1. The molecule has 1 atom stereocenters. The van der Waals surface area contributed by atoms with E-state index in [9.17, 15) is 5.11 Å². The molecule has 0 saturated heterocycles. The van der Waals surface area contributed by atoms with E-state index in [0.29, 0.717) is 10.9 Å². The predicted molar refractivity (Wildman–Crippen MR) is 66.3 cm³/mol. The van der Waals surface area contributed by atoms with Gasteiger partial charge in [0.2, 0.25) is 0 Å². The molecule has 0 bridgehead atoms. The molecule has 0 spiro atoms. The summed E-state index contributed by atoms with van der Waals surface area (Å²) in [4.78, 5) is 0. The molecule has 0 saturated carbocycles. The molecule has 1 aromatic carbocycles. The third kappa shape index (κ3) is 4.38. The van der Waals surface area contributed by atoms with Crippen molar-refractivity contribution in [1.29, 1.82) is 0 Å². The number of phenolic OH excluding ortho intramolecular Hbond substituents is 1. The summed E-state index contributed by atoms with van der Waals surface area (Å²) in [5, 5.41) is 17.9. The maximum Gasteiger partial charge on any atom is 0.129 e. The minimum absolute atomic E-state index is 0. The Bertz CT molecular complexity index is 309. The molecule has 0 amide bonds. The molecule has 0 heterocycles. The van der Waals surface area contributed by atoms with E-state index in [4.69, 9.17) is 10.8 Å². The van der Waals surface area contributed by atoms with Gasteiger partial charge in [0.15, 0.2) is 0 Å². The Kier molecular flexibility index (Phi) is 6.92. The normalized spacial score (nSPS) is 11.9. The van der Waals surface area contributed by atoms with Crippen LogP contribution in [0.4, 0.5) is 0 Å². The molecule has 0 aliphatic heterocycles. The summed E-state index contributed by atoms with van der Waals surface area (Å²) in [5.41, 5.74) is 6.85. The molecule has 5 heteroatoms. The molecule has 1 aromatic rings. The number of halogens is 2. The van der Waals surface area contributed by atoms with E-state index in [-0.39, 0.29) is 30.8 Å². The van der Waals surface area contributed by atoms with E-state index in [2.05, 4.69) is 15.9 Å². The molecular formula is C10H15BrClNO2.